The third-order valence-corrected chi connectivity index (χ3v) is 5.02. The predicted molar refractivity (Wildman–Crippen MR) is 106 cm³/mol. The largest absolute Gasteiger partial charge is 0.379 e. The highest BCUT2D eigenvalue weighted by Crippen LogP contribution is 2.21. The monoisotopic (exact) mass is 365 g/mol. The first-order valence-electron chi connectivity index (χ1n) is 9.00. The van der Waals surface area contributed by atoms with E-state index in [1.165, 1.54) is 16.0 Å². The molecule has 1 heterocycles. The van der Waals surface area contributed by atoms with E-state index in [4.69, 9.17) is 9.47 Å². The van der Waals surface area contributed by atoms with Crippen molar-refractivity contribution in [3.05, 3.63) is 29.3 Å². The summed E-state index contributed by atoms with van der Waals surface area (Å²) in [7, 11) is 1.80. The number of thioether (sulfide) groups is 1. The van der Waals surface area contributed by atoms with Crippen LogP contribution in [-0.4, -0.2) is 51.7 Å². The van der Waals surface area contributed by atoms with Gasteiger partial charge in [-0.3, -0.25) is 4.99 Å². The topological polar surface area (TPSA) is 54.9 Å². The van der Waals surface area contributed by atoms with Crippen LogP contribution < -0.4 is 10.6 Å². The summed E-state index contributed by atoms with van der Waals surface area (Å²) >= 11 is 1.78. The van der Waals surface area contributed by atoms with E-state index in [0.717, 1.165) is 58.1 Å². The van der Waals surface area contributed by atoms with Crippen molar-refractivity contribution >= 4 is 17.7 Å². The fourth-order valence-electron chi connectivity index (χ4n) is 2.77. The van der Waals surface area contributed by atoms with E-state index < -0.39 is 0 Å². The Hall–Kier alpha value is -1.24. The first-order chi connectivity index (χ1) is 12.2. The molecule has 1 unspecified atom stereocenters. The molecule has 0 spiro atoms. The van der Waals surface area contributed by atoms with Gasteiger partial charge in [0.15, 0.2) is 5.96 Å². The van der Waals surface area contributed by atoms with Crippen molar-refractivity contribution < 1.29 is 9.47 Å². The van der Waals surface area contributed by atoms with Crippen LogP contribution in [0.1, 0.15) is 30.4 Å². The van der Waals surface area contributed by atoms with E-state index in [9.17, 15) is 0 Å². The highest BCUT2D eigenvalue weighted by molar-refractivity contribution is 7.98. The average molecular weight is 366 g/mol. The minimum absolute atomic E-state index is 0.308. The lowest BCUT2D eigenvalue weighted by molar-refractivity contribution is 0.0168. The van der Waals surface area contributed by atoms with E-state index in [1.807, 2.05) is 0 Å². The molecule has 1 aromatic carbocycles. The second-order valence-corrected chi connectivity index (χ2v) is 7.08. The van der Waals surface area contributed by atoms with Crippen LogP contribution in [-0.2, 0) is 16.0 Å². The molecule has 25 heavy (non-hydrogen) atoms. The maximum absolute atomic E-state index is 5.68. The average Bonchev–Trinajstić information content (AvgIpc) is 3.14. The van der Waals surface area contributed by atoms with Crippen molar-refractivity contribution in [3.8, 4) is 0 Å². The van der Waals surface area contributed by atoms with Crippen molar-refractivity contribution in [1.82, 2.24) is 10.6 Å². The lowest BCUT2D eigenvalue weighted by atomic mass is 10.1. The molecule has 5 nitrogen and oxygen atoms in total. The Labute approximate surface area is 156 Å². The Morgan fingerprint density at radius 3 is 3.00 bits per heavy atom. The van der Waals surface area contributed by atoms with Gasteiger partial charge in [0.25, 0.3) is 0 Å². The van der Waals surface area contributed by atoms with Gasteiger partial charge >= 0.3 is 0 Å². The Balaban J connectivity index is 1.62. The van der Waals surface area contributed by atoms with Crippen LogP contribution in [0.4, 0.5) is 0 Å². The molecule has 140 valence electrons. The summed E-state index contributed by atoms with van der Waals surface area (Å²) in [4.78, 5) is 5.59. The molecule has 1 saturated heterocycles. The number of hydrogen-bond acceptors (Lipinski definition) is 4. The highest BCUT2D eigenvalue weighted by Gasteiger charge is 2.14. The zero-order valence-electron chi connectivity index (χ0n) is 15.6. The third-order valence-electron chi connectivity index (χ3n) is 4.20. The molecular weight excluding hydrogens is 334 g/mol. The fourth-order valence-corrected chi connectivity index (χ4v) is 3.48. The first kappa shape index (κ1) is 20.1. The van der Waals surface area contributed by atoms with Crippen LogP contribution in [0.25, 0.3) is 0 Å². The molecule has 1 fully saturated rings. The summed E-state index contributed by atoms with van der Waals surface area (Å²) < 4.78 is 11.2. The van der Waals surface area contributed by atoms with Crippen LogP contribution in [0.3, 0.4) is 0 Å². The van der Waals surface area contributed by atoms with Crippen molar-refractivity contribution in [3.63, 3.8) is 0 Å². The van der Waals surface area contributed by atoms with E-state index in [1.54, 1.807) is 18.8 Å². The van der Waals surface area contributed by atoms with Crippen LogP contribution in [0.15, 0.2) is 28.1 Å². The second-order valence-electron chi connectivity index (χ2n) is 6.23. The molecular formula is C19H31N3O2S. The first-order valence-corrected chi connectivity index (χ1v) is 10.2. The Morgan fingerprint density at radius 1 is 1.40 bits per heavy atom. The van der Waals surface area contributed by atoms with Crippen LogP contribution >= 0.6 is 11.8 Å². The van der Waals surface area contributed by atoms with Gasteiger partial charge in [-0.2, -0.15) is 0 Å². The molecule has 6 heteroatoms. The maximum atomic E-state index is 5.68. The molecule has 0 bridgehead atoms. The van der Waals surface area contributed by atoms with Crippen LogP contribution in [0, 0.1) is 6.92 Å². The number of aryl methyl sites for hydroxylation is 1. The molecule has 0 saturated carbocycles. The molecule has 2 rings (SSSR count). The number of guanidine groups is 1. The molecule has 0 amide bonds. The maximum Gasteiger partial charge on any atom is 0.191 e. The lowest BCUT2D eigenvalue weighted by Gasteiger charge is -2.14. The zero-order chi connectivity index (χ0) is 17.9. The number of rotatable bonds is 9. The van der Waals surface area contributed by atoms with E-state index in [2.05, 4.69) is 47.0 Å². The molecule has 2 N–H and O–H groups in total. The highest BCUT2D eigenvalue weighted by atomic mass is 32.2. The van der Waals surface area contributed by atoms with E-state index in [0.29, 0.717) is 6.10 Å². The van der Waals surface area contributed by atoms with Gasteiger partial charge < -0.3 is 20.1 Å². The second kappa shape index (κ2) is 11.4. The minimum atomic E-state index is 0.308. The SMILES string of the molecule is CN=C(NCCCOCC1CCCO1)NCc1ccc(C)cc1SC. The molecule has 1 aliphatic rings. The smallest absolute Gasteiger partial charge is 0.191 e. The van der Waals surface area contributed by atoms with Crippen molar-refractivity contribution in [2.24, 2.45) is 4.99 Å². The number of nitrogens with one attached hydrogen (secondary N) is 2. The summed E-state index contributed by atoms with van der Waals surface area (Å²) in [5, 5.41) is 6.72. The summed E-state index contributed by atoms with van der Waals surface area (Å²) in [6, 6.07) is 6.56. The zero-order valence-corrected chi connectivity index (χ0v) is 16.5. The van der Waals surface area contributed by atoms with Crippen molar-refractivity contribution in [2.75, 3.05) is 39.7 Å². The van der Waals surface area contributed by atoms with Crippen molar-refractivity contribution in [2.45, 2.75) is 43.7 Å². The molecule has 0 radical (unpaired) electrons. The number of nitrogens with zero attached hydrogens (tertiary/aromatic N) is 1. The van der Waals surface area contributed by atoms with Crippen molar-refractivity contribution in [1.29, 1.82) is 0 Å². The Kier molecular flexibility index (Phi) is 9.15. The number of ether oxygens (including phenoxy) is 2. The van der Waals surface area contributed by atoms with Gasteiger partial charge in [0.2, 0.25) is 0 Å². The van der Waals surface area contributed by atoms with E-state index in [-0.39, 0.29) is 0 Å². The number of hydrogen-bond donors (Lipinski definition) is 2. The van der Waals surface area contributed by atoms with Gasteiger partial charge in [-0.1, -0.05) is 12.1 Å². The van der Waals surface area contributed by atoms with Crippen LogP contribution in [0.5, 0.6) is 0 Å². The minimum Gasteiger partial charge on any atom is -0.379 e. The molecule has 1 aromatic rings. The van der Waals surface area contributed by atoms with E-state index >= 15 is 0 Å². The van der Waals surface area contributed by atoms with Gasteiger partial charge in [0.1, 0.15) is 0 Å². The molecule has 0 aliphatic carbocycles. The Bertz CT molecular complexity index is 545. The van der Waals surface area contributed by atoms with Gasteiger partial charge in [0.05, 0.1) is 12.7 Å². The number of benzene rings is 1. The molecule has 1 aliphatic heterocycles. The normalized spacial score (nSPS) is 17.7. The molecule has 1 atom stereocenters. The third kappa shape index (κ3) is 7.26. The van der Waals surface area contributed by atoms with Gasteiger partial charge in [-0.05, 0) is 49.6 Å². The predicted octanol–water partition coefficient (Wildman–Crippen LogP) is 2.97. The molecule has 0 aromatic heterocycles. The standard InChI is InChI=1S/C19H31N3O2S/c1-15-7-8-16(18(12-15)25-3)13-22-19(20-2)21-9-5-10-23-14-17-6-4-11-24-17/h7-8,12,17H,4-6,9-11,13-14H2,1-3H3,(H2,20,21,22). The Morgan fingerprint density at radius 2 is 2.28 bits per heavy atom. The quantitative estimate of drug-likeness (QED) is 0.305. The van der Waals surface area contributed by atoms with Gasteiger partial charge in [0, 0.05) is 38.2 Å². The summed E-state index contributed by atoms with van der Waals surface area (Å²) in [5.74, 6) is 0.826. The summed E-state index contributed by atoms with van der Waals surface area (Å²) in [6.45, 7) is 6.09. The number of aliphatic imine (C=N–C) groups is 1. The summed E-state index contributed by atoms with van der Waals surface area (Å²) in [6.07, 6.45) is 5.67. The van der Waals surface area contributed by atoms with Gasteiger partial charge in [-0.25, -0.2) is 0 Å². The van der Waals surface area contributed by atoms with Crippen LogP contribution in [0.2, 0.25) is 0 Å². The lowest BCUT2D eigenvalue weighted by Crippen LogP contribution is -2.37. The fraction of sp³-hybridized carbons (Fsp3) is 0.632. The van der Waals surface area contributed by atoms with Gasteiger partial charge in [-0.15, -0.1) is 11.8 Å². The summed E-state index contributed by atoms with van der Waals surface area (Å²) in [5.41, 5.74) is 2.58.